The molecule has 200 valence electrons. The first-order chi connectivity index (χ1) is 19.9. The van der Waals surface area contributed by atoms with Crippen LogP contribution in [0.4, 0.5) is 0 Å². The lowest BCUT2D eigenvalue weighted by molar-refractivity contribution is 0.0939. The van der Waals surface area contributed by atoms with E-state index in [9.17, 15) is 9.59 Å². The van der Waals surface area contributed by atoms with Crippen LogP contribution in [0.25, 0.3) is 22.1 Å². The van der Waals surface area contributed by atoms with Crippen LogP contribution in [0.5, 0.6) is 0 Å². The molecule has 1 N–H and O–H groups in total. The Morgan fingerprint density at radius 1 is 0.951 bits per heavy atom. The van der Waals surface area contributed by atoms with Gasteiger partial charge in [0.25, 0.3) is 11.5 Å². The van der Waals surface area contributed by atoms with Crippen LogP contribution in [0.1, 0.15) is 51.4 Å². The van der Waals surface area contributed by atoms with E-state index in [1.165, 1.54) is 0 Å². The van der Waals surface area contributed by atoms with Crippen molar-refractivity contribution in [1.82, 2.24) is 29.5 Å². The maximum atomic E-state index is 14.2. The molecule has 0 aliphatic carbocycles. The van der Waals surface area contributed by atoms with Crippen LogP contribution in [-0.2, 0) is 0 Å². The summed E-state index contributed by atoms with van der Waals surface area (Å²) in [7, 11) is 0. The van der Waals surface area contributed by atoms with Crippen LogP contribution in [0, 0.1) is 25.7 Å². The first-order valence-electron chi connectivity index (χ1n) is 13.2. The number of hydrogen-bond acceptors (Lipinski definition) is 5. The van der Waals surface area contributed by atoms with Gasteiger partial charge in [0.1, 0.15) is 5.56 Å². The third-order valence-corrected chi connectivity index (χ3v) is 7.05. The number of carbonyl (C=O) groups excluding carboxylic acids is 1. The Kier molecular flexibility index (Phi) is 6.62. The largest absolute Gasteiger partial charge is 0.344 e. The molecule has 1 unspecified atom stereocenters. The van der Waals surface area contributed by atoms with Crippen molar-refractivity contribution in [3.63, 3.8) is 0 Å². The first-order valence-corrected chi connectivity index (χ1v) is 13.2. The highest BCUT2D eigenvalue weighted by molar-refractivity contribution is 6.01. The topological polar surface area (TPSA) is 94.2 Å². The summed E-state index contributed by atoms with van der Waals surface area (Å²) in [4.78, 5) is 36.3. The molecule has 8 nitrogen and oxygen atoms in total. The minimum atomic E-state index is -0.523. The molecule has 0 saturated carbocycles. The molecule has 0 aliphatic rings. The average Bonchev–Trinajstić information content (AvgIpc) is 3.32. The Morgan fingerprint density at radius 2 is 1.76 bits per heavy atom. The molecule has 0 spiro atoms. The lowest BCUT2D eigenvalue weighted by atomic mass is 10.0. The van der Waals surface area contributed by atoms with Gasteiger partial charge in [0.05, 0.1) is 17.1 Å². The quantitative estimate of drug-likeness (QED) is 0.321. The number of nitrogens with zero attached hydrogens (tertiary/aromatic N) is 5. The summed E-state index contributed by atoms with van der Waals surface area (Å²) in [5, 5.41) is 8.73. The summed E-state index contributed by atoms with van der Waals surface area (Å²) < 4.78 is 3.23. The SMILES string of the molecule is Cc1ccncc1C#Cc1cccc2cc(C(C)NC(=O)c3c(C)nn4cccnc34)n(-c3ccccc3)c(=O)c12. The van der Waals surface area contributed by atoms with Gasteiger partial charge in [-0.3, -0.25) is 19.1 Å². The third kappa shape index (κ3) is 4.74. The lowest BCUT2D eigenvalue weighted by Gasteiger charge is -2.21. The molecule has 0 fully saturated rings. The Morgan fingerprint density at radius 3 is 2.56 bits per heavy atom. The molecule has 1 amide bonds. The number of fused-ring (bicyclic) bond motifs is 2. The van der Waals surface area contributed by atoms with Crippen molar-refractivity contribution in [2.75, 3.05) is 0 Å². The fourth-order valence-electron chi connectivity index (χ4n) is 4.98. The summed E-state index contributed by atoms with van der Waals surface area (Å²) in [6, 6.07) is 20.1. The molecule has 4 aromatic heterocycles. The van der Waals surface area contributed by atoms with Crippen LogP contribution in [0.2, 0.25) is 0 Å². The Balaban J connectivity index is 1.48. The highest BCUT2D eigenvalue weighted by atomic mass is 16.2. The number of pyridine rings is 2. The van der Waals surface area contributed by atoms with Gasteiger partial charge in [0, 0.05) is 47.3 Å². The van der Waals surface area contributed by atoms with Gasteiger partial charge < -0.3 is 5.32 Å². The summed E-state index contributed by atoms with van der Waals surface area (Å²) in [5.41, 5.74) is 4.99. The number of hydrogen-bond donors (Lipinski definition) is 1. The second-order valence-electron chi connectivity index (χ2n) is 9.80. The van der Waals surface area contributed by atoms with Gasteiger partial charge in [-0.05, 0) is 68.1 Å². The molecule has 1 atom stereocenters. The number of carbonyl (C=O) groups is 1. The van der Waals surface area contributed by atoms with Gasteiger partial charge >= 0.3 is 0 Å². The predicted octanol–water partition coefficient (Wildman–Crippen LogP) is 4.94. The van der Waals surface area contributed by atoms with Crippen molar-refractivity contribution in [3.8, 4) is 17.5 Å². The number of aromatic nitrogens is 5. The molecule has 6 rings (SSSR count). The van der Waals surface area contributed by atoms with Crippen molar-refractivity contribution >= 4 is 22.3 Å². The summed E-state index contributed by atoms with van der Waals surface area (Å²) in [5.74, 6) is 6.06. The summed E-state index contributed by atoms with van der Waals surface area (Å²) in [6.45, 7) is 5.62. The maximum absolute atomic E-state index is 14.2. The third-order valence-electron chi connectivity index (χ3n) is 7.05. The van der Waals surface area contributed by atoms with E-state index in [-0.39, 0.29) is 11.5 Å². The number of para-hydroxylation sites is 1. The number of nitrogens with one attached hydrogen (secondary N) is 1. The highest BCUT2D eigenvalue weighted by Gasteiger charge is 2.23. The summed E-state index contributed by atoms with van der Waals surface area (Å²) >= 11 is 0. The molecule has 0 saturated heterocycles. The van der Waals surface area contributed by atoms with Crippen LogP contribution >= 0.6 is 0 Å². The van der Waals surface area contributed by atoms with E-state index in [1.54, 1.807) is 46.9 Å². The number of aryl methyl sites for hydroxylation is 2. The second-order valence-corrected chi connectivity index (χ2v) is 9.80. The van der Waals surface area contributed by atoms with Crippen molar-refractivity contribution in [1.29, 1.82) is 0 Å². The minimum absolute atomic E-state index is 0.216. The van der Waals surface area contributed by atoms with Crippen LogP contribution in [0.15, 0.2) is 96.3 Å². The fraction of sp³-hybridized carbons (Fsp3) is 0.121. The molecule has 41 heavy (non-hydrogen) atoms. The molecule has 8 heteroatoms. The van der Waals surface area contributed by atoms with E-state index in [0.717, 1.165) is 16.5 Å². The van der Waals surface area contributed by atoms with Gasteiger partial charge in [0.2, 0.25) is 0 Å². The first kappa shape index (κ1) is 25.7. The molecule has 6 aromatic rings. The van der Waals surface area contributed by atoms with Gasteiger partial charge in [-0.2, -0.15) is 5.10 Å². The average molecular weight is 539 g/mol. The number of rotatable bonds is 4. The Bertz CT molecular complexity index is 2070. The van der Waals surface area contributed by atoms with Gasteiger partial charge in [-0.15, -0.1) is 0 Å². The van der Waals surface area contributed by atoms with E-state index < -0.39 is 6.04 Å². The van der Waals surface area contributed by atoms with E-state index in [2.05, 4.69) is 32.2 Å². The van der Waals surface area contributed by atoms with Crippen LogP contribution < -0.4 is 10.9 Å². The second kappa shape index (κ2) is 10.5. The predicted molar refractivity (Wildman–Crippen MR) is 158 cm³/mol. The molecule has 4 heterocycles. The molecular formula is C33H26N6O2. The fourth-order valence-corrected chi connectivity index (χ4v) is 4.98. The van der Waals surface area contributed by atoms with Crippen molar-refractivity contribution in [3.05, 3.63) is 136 Å². The molecular weight excluding hydrogens is 512 g/mol. The normalized spacial score (nSPS) is 11.7. The van der Waals surface area contributed by atoms with Crippen LogP contribution in [-0.4, -0.2) is 30.1 Å². The maximum Gasteiger partial charge on any atom is 0.264 e. The number of benzene rings is 2. The van der Waals surface area contributed by atoms with Crippen LogP contribution in [0.3, 0.4) is 0 Å². The molecule has 0 aliphatic heterocycles. The standard InChI is InChI=1S/C33H26N6O2/c1-21-15-17-34-20-26(21)14-13-24-9-7-10-25-19-28(39(33(41)30(24)25)27-11-5-4-6-12-27)22(2)36-32(40)29-23(3)37-38-18-8-16-35-31(29)38/h4-12,15-20,22H,1-3H3,(H,36,40). The zero-order chi connectivity index (χ0) is 28.5. The van der Waals surface area contributed by atoms with E-state index in [1.807, 2.05) is 74.5 Å². The highest BCUT2D eigenvalue weighted by Crippen LogP contribution is 2.24. The molecule has 2 aromatic carbocycles. The van der Waals surface area contributed by atoms with E-state index in [4.69, 9.17) is 0 Å². The van der Waals surface area contributed by atoms with Crippen molar-refractivity contribution in [2.24, 2.45) is 0 Å². The lowest BCUT2D eigenvalue weighted by Crippen LogP contribution is -2.32. The zero-order valence-corrected chi connectivity index (χ0v) is 22.8. The van der Waals surface area contributed by atoms with Gasteiger partial charge in [-0.25, -0.2) is 9.50 Å². The molecule has 0 radical (unpaired) electrons. The minimum Gasteiger partial charge on any atom is -0.344 e. The van der Waals surface area contributed by atoms with E-state index >= 15 is 0 Å². The zero-order valence-electron chi connectivity index (χ0n) is 22.8. The number of amides is 1. The Hall–Kier alpha value is -5.55. The van der Waals surface area contributed by atoms with Gasteiger partial charge in [0.15, 0.2) is 5.65 Å². The monoisotopic (exact) mass is 538 g/mol. The Labute approximate surface area is 236 Å². The smallest absolute Gasteiger partial charge is 0.264 e. The van der Waals surface area contributed by atoms with Crippen molar-refractivity contribution in [2.45, 2.75) is 26.8 Å². The van der Waals surface area contributed by atoms with E-state index in [0.29, 0.717) is 39.2 Å². The summed E-state index contributed by atoms with van der Waals surface area (Å²) in [6.07, 6.45) is 6.83. The van der Waals surface area contributed by atoms with Gasteiger partial charge in [-0.1, -0.05) is 42.2 Å². The molecule has 0 bridgehead atoms. The van der Waals surface area contributed by atoms with Crippen molar-refractivity contribution < 1.29 is 4.79 Å².